The lowest BCUT2D eigenvalue weighted by Crippen LogP contribution is -2.45. The van der Waals surface area contributed by atoms with Gasteiger partial charge in [0.2, 0.25) is 5.91 Å². The van der Waals surface area contributed by atoms with Crippen LogP contribution in [-0.2, 0) is 14.3 Å². The lowest BCUT2D eigenvalue weighted by Gasteiger charge is -2.33. The predicted octanol–water partition coefficient (Wildman–Crippen LogP) is 3.23. The first kappa shape index (κ1) is 30.4. The second-order valence-electron chi connectivity index (χ2n) is 10.1. The van der Waals surface area contributed by atoms with E-state index in [1.165, 1.54) is 4.90 Å². The van der Waals surface area contributed by atoms with Crippen molar-refractivity contribution in [1.29, 1.82) is 0 Å². The minimum absolute atomic E-state index is 0.0549. The summed E-state index contributed by atoms with van der Waals surface area (Å²) in [5.41, 5.74) is 1.57. The molecular weight excluding hydrogens is 542 g/mol. The monoisotopic (exact) mass is 581 g/mol. The van der Waals surface area contributed by atoms with Crippen molar-refractivity contribution < 1.29 is 23.9 Å². The molecule has 0 bridgehead atoms. The van der Waals surface area contributed by atoms with Gasteiger partial charge in [-0.2, -0.15) is 0 Å². The standard InChI is InChI=1S/C30H39N5O5S/c1-4-39-25-13-11-24(12-14-25)35-28(37)26(34(30(35)41)16-6-15-33-19-17-32(3)18-20-33)21-27(36)31-23-9-7-22(8-10-23)29(38)40-5-2/h7-14,26H,4-6,15-21H2,1-3H3,(H,31,36)/t26-/m1/s1. The van der Waals surface area contributed by atoms with Crippen LogP contribution in [-0.4, -0.2) is 103 Å². The molecule has 1 N–H and O–H groups in total. The van der Waals surface area contributed by atoms with E-state index < -0.39 is 12.0 Å². The molecule has 2 fully saturated rings. The summed E-state index contributed by atoms with van der Waals surface area (Å²) in [6.07, 6.45) is 0.766. The van der Waals surface area contributed by atoms with Crippen LogP contribution in [0, 0.1) is 0 Å². The third-order valence-electron chi connectivity index (χ3n) is 7.25. The topological polar surface area (TPSA) is 94.7 Å². The molecule has 0 saturated carbocycles. The highest BCUT2D eigenvalue weighted by molar-refractivity contribution is 7.80. The van der Waals surface area contributed by atoms with Crippen LogP contribution >= 0.6 is 12.2 Å². The molecule has 11 heteroatoms. The minimum atomic E-state index is -0.722. The molecule has 2 saturated heterocycles. The van der Waals surface area contributed by atoms with E-state index in [-0.39, 0.29) is 24.8 Å². The van der Waals surface area contributed by atoms with E-state index in [0.717, 1.165) is 39.1 Å². The predicted molar refractivity (Wildman–Crippen MR) is 162 cm³/mol. The Hall–Kier alpha value is -3.54. The average molecular weight is 582 g/mol. The minimum Gasteiger partial charge on any atom is -0.494 e. The van der Waals surface area contributed by atoms with Crippen molar-refractivity contribution in [2.45, 2.75) is 32.7 Å². The van der Waals surface area contributed by atoms with E-state index >= 15 is 0 Å². The molecule has 2 aliphatic rings. The van der Waals surface area contributed by atoms with E-state index in [9.17, 15) is 14.4 Å². The molecule has 220 valence electrons. The average Bonchev–Trinajstić information content (AvgIpc) is 3.19. The number of nitrogens with zero attached hydrogens (tertiary/aromatic N) is 4. The largest absolute Gasteiger partial charge is 0.494 e. The van der Waals surface area contributed by atoms with Crippen LogP contribution in [0.3, 0.4) is 0 Å². The van der Waals surface area contributed by atoms with Gasteiger partial charge >= 0.3 is 5.97 Å². The van der Waals surface area contributed by atoms with Crippen molar-refractivity contribution in [2.24, 2.45) is 0 Å². The zero-order valence-electron chi connectivity index (χ0n) is 24.0. The van der Waals surface area contributed by atoms with Gasteiger partial charge in [-0.3, -0.25) is 14.5 Å². The maximum Gasteiger partial charge on any atom is 0.338 e. The molecule has 0 unspecified atom stereocenters. The Morgan fingerprint density at radius 3 is 2.27 bits per heavy atom. The second kappa shape index (κ2) is 14.4. The van der Waals surface area contributed by atoms with Crippen molar-refractivity contribution in [2.75, 3.05) is 69.7 Å². The summed E-state index contributed by atoms with van der Waals surface area (Å²) >= 11 is 5.81. The van der Waals surface area contributed by atoms with E-state index in [0.29, 0.717) is 41.0 Å². The number of nitrogens with one attached hydrogen (secondary N) is 1. The van der Waals surface area contributed by atoms with Crippen LogP contribution in [0.4, 0.5) is 11.4 Å². The van der Waals surface area contributed by atoms with Crippen LogP contribution in [0.25, 0.3) is 0 Å². The van der Waals surface area contributed by atoms with Crippen molar-refractivity contribution in [3.8, 4) is 5.75 Å². The van der Waals surface area contributed by atoms with Gasteiger partial charge in [0.25, 0.3) is 5.91 Å². The first-order valence-corrected chi connectivity index (χ1v) is 14.6. The van der Waals surface area contributed by atoms with Gasteiger partial charge in [-0.15, -0.1) is 0 Å². The molecule has 2 aliphatic heterocycles. The Balaban J connectivity index is 1.45. The number of esters is 1. The summed E-state index contributed by atoms with van der Waals surface area (Å²) < 4.78 is 10.6. The molecule has 10 nitrogen and oxygen atoms in total. The van der Waals surface area contributed by atoms with Gasteiger partial charge < -0.3 is 29.5 Å². The fourth-order valence-electron chi connectivity index (χ4n) is 5.01. The van der Waals surface area contributed by atoms with Crippen molar-refractivity contribution in [3.05, 3.63) is 54.1 Å². The number of hydrogen-bond acceptors (Lipinski definition) is 8. The molecule has 2 aromatic carbocycles. The Bertz CT molecular complexity index is 1210. The Morgan fingerprint density at radius 2 is 1.63 bits per heavy atom. The fourth-order valence-corrected chi connectivity index (χ4v) is 5.42. The number of piperazine rings is 1. The lowest BCUT2D eigenvalue weighted by atomic mass is 10.1. The molecule has 2 heterocycles. The number of rotatable bonds is 12. The number of benzene rings is 2. The maximum absolute atomic E-state index is 13.7. The van der Waals surface area contributed by atoms with Crippen molar-refractivity contribution >= 4 is 46.5 Å². The third kappa shape index (κ3) is 7.81. The van der Waals surface area contributed by atoms with Gasteiger partial charge in [0.1, 0.15) is 11.8 Å². The van der Waals surface area contributed by atoms with Crippen LogP contribution in [0.15, 0.2) is 48.5 Å². The molecule has 0 radical (unpaired) electrons. The number of ether oxygens (including phenoxy) is 2. The molecule has 2 amide bonds. The lowest BCUT2D eigenvalue weighted by molar-refractivity contribution is -0.124. The summed E-state index contributed by atoms with van der Waals surface area (Å²) in [6, 6.07) is 13.0. The van der Waals surface area contributed by atoms with Gasteiger partial charge in [0, 0.05) is 38.4 Å². The summed E-state index contributed by atoms with van der Waals surface area (Å²) in [6.45, 7) is 10.1. The van der Waals surface area contributed by atoms with Crippen LogP contribution < -0.4 is 15.0 Å². The molecule has 2 aromatic rings. The number of amides is 2. The molecule has 0 aliphatic carbocycles. The molecule has 0 spiro atoms. The van der Waals surface area contributed by atoms with Gasteiger partial charge in [-0.1, -0.05) is 0 Å². The van der Waals surface area contributed by atoms with E-state index in [1.54, 1.807) is 31.2 Å². The van der Waals surface area contributed by atoms with E-state index in [2.05, 4.69) is 22.2 Å². The number of hydrogen-bond donors (Lipinski definition) is 1. The Kier molecular flexibility index (Phi) is 10.7. The third-order valence-corrected chi connectivity index (χ3v) is 7.67. The summed E-state index contributed by atoms with van der Waals surface area (Å²) in [5, 5.41) is 3.25. The highest BCUT2D eigenvalue weighted by Gasteiger charge is 2.44. The maximum atomic E-state index is 13.7. The molecule has 1 atom stereocenters. The van der Waals surface area contributed by atoms with E-state index in [4.69, 9.17) is 21.7 Å². The zero-order valence-corrected chi connectivity index (χ0v) is 24.8. The van der Waals surface area contributed by atoms with Crippen molar-refractivity contribution in [3.63, 3.8) is 0 Å². The second-order valence-corrected chi connectivity index (χ2v) is 10.5. The number of anilines is 2. The highest BCUT2D eigenvalue weighted by Crippen LogP contribution is 2.29. The normalized spacial score (nSPS) is 18.1. The molecule has 0 aromatic heterocycles. The summed E-state index contributed by atoms with van der Waals surface area (Å²) in [7, 11) is 2.13. The number of carbonyl (C=O) groups is 3. The molecule has 4 rings (SSSR count). The number of carbonyl (C=O) groups excluding carboxylic acids is 3. The first-order chi connectivity index (χ1) is 19.8. The highest BCUT2D eigenvalue weighted by atomic mass is 32.1. The van der Waals surface area contributed by atoms with Crippen LogP contribution in [0.2, 0.25) is 0 Å². The SMILES string of the molecule is CCOC(=O)c1ccc(NC(=O)C[C@@H]2C(=O)N(c3ccc(OCC)cc3)C(=S)N2CCCN2CCN(C)CC2)cc1. The van der Waals surface area contributed by atoms with E-state index in [1.807, 2.05) is 36.1 Å². The summed E-state index contributed by atoms with van der Waals surface area (Å²) in [5.74, 6) is -0.251. The van der Waals surface area contributed by atoms with Gasteiger partial charge in [0.05, 0.1) is 30.9 Å². The molecular formula is C30H39N5O5S. The smallest absolute Gasteiger partial charge is 0.338 e. The van der Waals surface area contributed by atoms with Gasteiger partial charge in [-0.25, -0.2) is 4.79 Å². The first-order valence-electron chi connectivity index (χ1n) is 14.2. The Labute approximate surface area is 247 Å². The quantitative estimate of drug-likeness (QED) is 0.300. The van der Waals surface area contributed by atoms with Gasteiger partial charge in [0.15, 0.2) is 5.11 Å². The van der Waals surface area contributed by atoms with Crippen LogP contribution in [0.5, 0.6) is 5.75 Å². The summed E-state index contributed by atoms with van der Waals surface area (Å²) in [4.78, 5) is 46.9. The van der Waals surface area contributed by atoms with Crippen molar-refractivity contribution in [1.82, 2.24) is 14.7 Å². The zero-order chi connectivity index (χ0) is 29.4. The molecule has 41 heavy (non-hydrogen) atoms. The van der Waals surface area contributed by atoms with Crippen LogP contribution in [0.1, 0.15) is 37.0 Å². The Morgan fingerprint density at radius 1 is 0.951 bits per heavy atom. The number of likely N-dealkylation sites (N-methyl/N-ethyl adjacent to an activating group) is 1. The number of thiocarbonyl (C=S) groups is 1. The fraction of sp³-hybridized carbons (Fsp3) is 0.467. The van der Waals surface area contributed by atoms with Gasteiger partial charge in [-0.05, 0) is 94.6 Å².